The molecule has 0 aliphatic heterocycles. The summed E-state index contributed by atoms with van der Waals surface area (Å²) >= 11 is 1.49. The van der Waals surface area contributed by atoms with Gasteiger partial charge >= 0.3 is 0 Å². The van der Waals surface area contributed by atoms with Gasteiger partial charge in [-0.05, 0) is 74.1 Å². The fraction of sp³-hybridized carbons (Fsp3) is 0.333. The molecule has 162 valence electrons. The molecule has 0 saturated heterocycles. The number of nitrogens with one attached hydrogen (secondary N) is 1. The van der Waals surface area contributed by atoms with Crippen LogP contribution in [0.5, 0.6) is 5.75 Å². The lowest BCUT2D eigenvalue weighted by molar-refractivity contribution is 0.0774. The number of fused-ring (bicyclic) bond motifs is 1. The third-order valence-electron chi connectivity index (χ3n) is 5.34. The van der Waals surface area contributed by atoms with E-state index in [4.69, 9.17) is 9.15 Å². The maximum absolute atomic E-state index is 13.3. The molecule has 2 heterocycles. The van der Waals surface area contributed by atoms with Crippen molar-refractivity contribution in [2.45, 2.75) is 33.1 Å². The smallest absolute Gasteiger partial charge is 0.291 e. The van der Waals surface area contributed by atoms with Gasteiger partial charge in [0.15, 0.2) is 5.76 Å². The fourth-order valence-corrected chi connectivity index (χ4v) is 5.18. The molecular formula is C24H26N2O4S. The lowest BCUT2D eigenvalue weighted by Gasteiger charge is -2.19. The number of hydrogen-bond acceptors (Lipinski definition) is 5. The minimum atomic E-state index is -0.347. The number of anilines is 1. The Labute approximate surface area is 185 Å². The Morgan fingerprint density at radius 3 is 2.68 bits per heavy atom. The number of likely N-dealkylation sites (N-methyl/N-ethyl adjacent to an activating group) is 1. The van der Waals surface area contributed by atoms with E-state index in [2.05, 4.69) is 11.4 Å². The van der Waals surface area contributed by atoms with Gasteiger partial charge in [0.1, 0.15) is 17.4 Å². The lowest BCUT2D eigenvalue weighted by Crippen LogP contribution is -2.32. The van der Waals surface area contributed by atoms with E-state index in [1.54, 1.807) is 24.1 Å². The van der Waals surface area contributed by atoms with E-state index in [0.717, 1.165) is 41.7 Å². The van der Waals surface area contributed by atoms with E-state index in [1.807, 2.05) is 26.0 Å². The molecule has 1 aliphatic rings. The quantitative estimate of drug-likeness (QED) is 0.572. The average molecular weight is 439 g/mol. The summed E-state index contributed by atoms with van der Waals surface area (Å²) in [6.07, 6.45) is 4.29. The van der Waals surface area contributed by atoms with Crippen LogP contribution in [0.4, 0.5) is 5.00 Å². The number of furan rings is 1. The van der Waals surface area contributed by atoms with Gasteiger partial charge in [-0.15, -0.1) is 11.3 Å². The van der Waals surface area contributed by atoms with Crippen LogP contribution in [-0.2, 0) is 12.8 Å². The number of thiophene rings is 1. The number of ether oxygens (including phenoxy) is 1. The molecule has 0 spiro atoms. The standard InChI is InChI=1S/C24H26N2O4S/c1-15-12-16(2)14-17(13-15)29-11-9-26(3)24(28)21-18-6-4-8-20(18)31-23(21)25-22(27)19-7-5-10-30-19/h5,7,10,12-14H,4,6,8-9,11H2,1-3H3,(H,25,27). The van der Waals surface area contributed by atoms with Crippen LogP contribution in [-0.4, -0.2) is 36.9 Å². The summed E-state index contributed by atoms with van der Waals surface area (Å²) in [6.45, 7) is 4.91. The minimum absolute atomic E-state index is 0.0989. The molecule has 2 aromatic heterocycles. The SMILES string of the molecule is Cc1cc(C)cc(OCCN(C)C(=O)c2c(NC(=O)c3ccco3)sc3c2CCC3)c1. The van der Waals surface area contributed by atoms with E-state index < -0.39 is 0 Å². The van der Waals surface area contributed by atoms with Gasteiger partial charge in [0.2, 0.25) is 0 Å². The van der Waals surface area contributed by atoms with Crippen molar-refractivity contribution in [3.05, 3.63) is 69.5 Å². The highest BCUT2D eigenvalue weighted by atomic mass is 32.1. The van der Waals surface area contributed by atoms with Gasteiger partial charge in [-0.1, -0.05) is 6.07 Å². The Hall–Kier alpha value is -3.06. The minimum Gasteiger partial charge on any atom is -0.492 e. The van der Waals surface area contributed by atoms with E-state index in [1.165, 1.54) is 22.5 Å². The van der Waals surface area contributed by atoms with Crippen molar-refractivity contribution in [1.82, 2.24) is 4.90 Å². The Morgan fingerprint density at radius 1 is 1.19 bits per heavy atom. The summed E-state index contributed by atoms with van der Waals surface area (Å²) in [7, 11) is 1.77. The first-order valence-corrected chi connectivity index (χ1v) is 11.2. The second kappa shape index (κ2) is 8.98. The van der Waals surface area contributed by atoms with Gasteiger partial charge in [0, 0.05) is 11.9 Å². The molecule has 6 nitrogen and oxygen atoms in total. The van der Waals surface area contributed by atoms with Crippen molar-refractivity contribution in [1.29, 1.82) is 0 Å². The molecule has 3 aromatic rings. The molecule has 1 N–H and O–H groups in total. The van der Waals surface area contributed by atoms with Crippen LogP contribution in [0.15, 0.2) is 41.0 Å². The van der Waals surface area contributed by atoms with Crippen LogP contribution < -0.4 is 10.1 Å². The van der Waals surface area contributed by atoms with Gasteiger partial charge in [0.05, 0.1) is 18.4 Å². The maximum atomic E-state index is 13.3. The molecular weight excluding hydrogens is 412 g/mol. The van der Waals surface area contributed by atoms with Crippen LogP contribution in [0.25, 0.3) is 0 Å². The zero-order valence-electron chi connectivity index (χ0n) is 18.0. The Morgan fingerprint density at radius 2 is 1.97 bits per heavy atom. The van der Waals surface area contributed by atoms with Crippen molar-refractivity contribution < 1.29 is 18.7 Å². The molecule has 31 heavy (non-hydrogen) atoms. The van der Waals surface area contributed by atoms with Gasteiger partial charge in [0.25, 0.3) is 11.8 Å². The number of carbonyl (C=O) groups excluding carboxylic acids is 2. The first-order chi connectivity index (χ1) is 14.9. The zero-order valence-corrected chi connectivity index (χ0v) is 18.8. The van der Waals surface area contributed by atoms with Crippen LogP contribution in [0.1, 0.15) is 48.9 Å². The molecule has 4 rings (SSSR count). The van der Waals surface area contributed by atoms with Crippen LogP contribution in [0.2, 0.25) is 0 Å². The molecule has 0 fully saturated rings. The molecule has 0 atom stereocenters. The first-order valence-electron chi connectivity index (χ1n) is 10.4. The second-order valence-electron chi connectivity index (χ2n) is 7.89. The molecule has 1 aliphatic carbocycles. The molecule has 1 aromatic carbocycles. The van der Waals surface area contributed by atoms with Crippen molar-refractivity contribution in [3.63, 3.8) is 0 Å². The van der Waals surface area contributed by atoms with Crippen LogP contribution >= 0.6 is 11.3 Å². The summed E-state index contributed by atoms with van der Waals surface area (Å²) in [5.41, 5.74) is 3.95. The number of aryl methyl sites for hydroxylation is 3. The number of hydrogen-bond donors (Lipinski definition) is 1. The molecule has 2 amide bonds. The third kappa shape index (κ3) is 4.66. The average Bonchev–Trinajstić information content (AvgIpc) is 3.44. The van der Waals surface area contributed by atoms with Crippen molar-refractivity contribution in [3.8, 4) is 5.75 Å². The highest BCUT2D eigenvalue weighted by Crippen LogP contribution is 2.39. The molecule has 0 unspecified atom stereocenters. The van der Waals surface area contributed by atoms with E-state index in [9.17, 15) is 9.59 Å². The molecule has 0 saturated carbocycles. The summed E-state index contributed by atoms with van der Waals surface area (Å²) < 4.78 is 11.1. The number of benzene rings is 1. The summed E-state index contributed by atoms with van der Waals surface area (Å²) in [5, 5.41) is 3.48. The predicted octanol–water partition coefficient (Wildman–Crippen LogP) is 4.85. The van der Waals surface area contributed by atoms with E-state index >= 15 is 0 Å². The zero-order chi connectivity index (χ0) is 22.0. The summed E-state index contributed by atoms with van der Waals surface area (Å²) in [6, 6.07) is 9.34. The Bertz CT molecular complexity index is 1080. The van der Waals surface area contributed by atoms with E-state index in [-0.39, 0.29) is 17.6 Å². The number of rotatable bonds is 7. The summed E-state index contributed by atoms with van der Waals surface area (Å²) in [5.74, 6) is 0.585. The molecule has 7 heteroatoms. The molecule has 0 radical (unpaired) electrons. The van der Waals surface area contributed by atoms with Gasteiger partial charge in [-0.25, -0.2) is 0 Å². The van der Waals surface area contributed by atoms with Crippen LogP contribution in [0, 0.1) is 13.8 Å². The predicted molar refractivity (Wildman–Crippen MR) is 121 cm³/mol. The number of amides is 2. The first kappa shape index (κ1) is 21.2. The van der Waals surface area contributed by atoms with E-state index in [0.29, 0.717) is 23.7 Å². The lowest BCUT2D eigenvalue weighted by atomic mass is 10.1. The summed E-state index contributed by atoms with van der Waals surface area (Å²) in [4.78, 5) is 28.6. The topological polar surface area (TPSA) is 71.8 Å². The largest absolute Gasteiger partial charge is 0.492 e. The number of nitrogens with zero attached hydrogens (tertiary/aromatic N) is 1. The van der Waals surface area contributed by atoms with Gasteiger partial charge < -0.3 is 19.4 Å². The van der Waals surface area contributed by atoms with Crippen molar-refractivity contribution in [2.24, 2.45) is 0 Å². The highest BCUT2D eigenvalue weighted by Gasteiger charge is 2.29. The maximum Gasteiger partial charge on any atom is 0.291 e. The third-order valence-corrected chi connectivity index (χ3v) is 6.55. The Balaban J connectivity index is 1.46. The second-order valence-corrected chi connectivity index (χ2v) is 9.00. The monoisotopic (exact) mass is 438 g/mol. The van der Waals surface area contributed by atoms with Crippen molar-refractivity contribution in [2.75, 3.05) is 25.5 Å². The molecule has 0 bridgehead atoms. The Kier molecular flexibility index (Phi) is 6.13. The van der Waals surface area contributed by atoms with Crippen molar-refractivity contribution >= 4 is 28.2 Å². The highest BCUT2D eigenvalue weighted by molar-refractivity contribution is 7.17. The number of carbonyl (C=O) groups is 2. The van der Waals surface area contributed by atoms with Crippen LogP contribution in [0.3, 0.4) is 0 Å². The van der Waals surface area contributed by atoms with Gasteiger partial charge in [-0.2, -0.15) is 0 Å². The fourth-order valence-electron chi connectivity index (χ4n) is 3.90. The normalized spacial score (nSPS) is 12.5. The van der Waals surface area contributed by atoms with Gasteiger partial charge in [-0.3, -0.25) is 9.59 Å².